The van der Waals surface area contributed by atoms with E-state index in [1.807, 2.05) is 19.1 Å². The molecule has 1 N–H and O–H groups in total. The Morgan fingerprint density at radius 1 is 1.05 bits per heavy atom. The lowest BCUT2D eigenvalue weighted by Gasteiger charge is -2.45. The maximum Gasteiger partial charge on any atom is 0.391 e. The molecule has 3 fully saturated rings. The molecule has 39 heavy (non-hydrogen) atoms. The van der Waals surface area contributed by atoms with Gasteiger partial charge in [0.2, 0.25) is 0 Å². The summed E-state index contributed by atoms with van der Waals surface area (Å²) in [6.07, 6.45) is 4.51. The van der Waals surface area contributed by atoms with Crippen LogP contribution in [0.15, 0.2) is 37.0 Å². The fourth-order valence-electron chi connectivity index (χ4n) is 5.86. The van der Waals surface area contributed by atoms with Gasteiger partial charge in [0.15, 0.2) is 6.29 Å². The van der Waals surface area contributed by atoms with Gasteiger partial charge in [-0.15, -0.1) is 11.8 Å². The molecule has 0 aromatic carbocycles. The molecule has 1 saturated heterocycles. The van der Waals surface area contributed by atoms with Crippen molar-refractivity contribution < 1.29 is 36.5 Å². The Hall–Kier alpha value is -1.50. The lowest BCUT2D eigenvalue weighted by molar-refractivity contribution is -0.183. The van der Waals surface area contributed by atoms with E-state index >= 15 is 0 Å². The molecule has 0 radical (unpaired) electrons. The van der Waals surface area contributed by atoms with E-state index in [0.29, 0.717) is 26.1 Å². The quantitative estimate of drug-likeness (QED) is 0.293. The smallest absolute Gasteiger partial charge is 0.386 e. The summed E-state index contributed by atoms with van der Waals surface area (Å²) < 4.78 is 80.4. The first-order chi connectivity index (χ1) is 18.5. The molecule has 0 amide bonds. The van der Waals surface area contributed by atoms with Crippen molar-refractivity contribution in [2.24, 2.45) is 17.8 Å². The number of allylic oxidation sites excluding steroid dienone is 3. The van der Waals surface area contributed by atoms with Crippen molar-refractivity contribution in [3.63, 3.8) is 0 Å². The zero-order chi connectivity index (χ0) is 28.0. The number of nitrogens with zero attached hydrogens (tertiary/aromatic N) is 3. The molecule has 5 atom stereocenters. The van der Waals surface area contributed by atoms with Gasteiger partial charge >= 0.3 is 6.18 Å². The summed E-state index contributed by atoms with van der Waals surface area (Å²) in [7, 11) is 0. The lowest BCUT2D eigenvalue weighted by Crippen LogP contribution is -2.55. The van der Waals surface area contributed by atoms with Crippen LogP contribution in [0.25, 0.3) is 0 Å². The SMILES string of the molecule is C[C@@H](SC1COC(/C=C/C=C/C2CCC(C(F)(F)F)CC2)OC1)C(O)(Cn1cncn1)C1CCC(F)CC1F. The number of hydrogen-bond donors (Lipinski definition) is 1. The maximum atomic E-state index is 15.0. The van der Waals surface area contributed by atoms with Gasteiger partial charge in [-0.3, -0.25) is 4.68 Å². The van der Waals surface area contributed by atoms with E-state index in [4.69, 9.17) is 9.47 Å². The normalized spacial score (nSPS) is 35.3. The summed E-state index contributed by atoms with van der Waals surface area (Å²) >= 11 is 1.46. The monoisotopic (exact) mass is 579 g/mol. The van der Waals surface area contributed by atoms with Gasteiger partial charge in [0.25, 0.3) is 0 Å². The fraction of sp³-hybridized carbons (Fsp3) is 0.778. The van der Waals surface area contributed by atoms with Crippen molar-refractivity contribution in [1.82, 2.24) is 14.8 Å². The molecule has 1 aromatic heterocycles. The number of alkyl halides is 5. The summed E-state index contributed by atoms with van der Waals surface area (Å²) in [4.78, 5) is 3.92. The van der Waals surface area contributed by atoms with Gasteiger partial charge in [-0.1, -0.05) is 25.2 Å². The number of halogens is 5. The Morgan fingerprint density at radius 2 is 1.74 bits per heavy atom. The summed E-state index contributed by atoms with van der Waals surface area (Å²) in [5.41, 5.74) is -1.47. The second-order valence-corrected chi connectivity index (χ2v) is 12.6. The van der Waals surface area contributed by atoms with Crippen molar-refractivity contribution in [3.05, 3.63) is 37.0 Å². The third-order valence-corrected chi connectivity index (χ3v) is 9.70. The second-order valence-electron chi connectivity index (χ2n) is 11.0. The van der Waals surface area contributed by atoms with Crippen molar-refractivity contribution in [2.75, 3.05) is 13.2 Å². The lowest BCUT2D eigenvalue weighted by atomic mass is 9.73. The first-order valence-electron chi connectivity index (χ1n) is 13.7. The number of hydrogen-bond acceptors (Lipinski definition) is 6. The summed E-state index contributed by atoms with van der Waals surface area (Å²) in [5.74, 6) is -1.77. The minimum Gasteiger partial charge on any atom is -0.386 e. The molecule has 4 unspecified atom stereocenters. The number of ether oxygens (including phenoxy) is 2. The summed E-state index contributed by atoms with van der Waals surface area (Å²) in [6, 6.07) is 0. The zero-order valence-corrected chi connectivity index (χ0v) is 22.9. The Balaban J connectivity index is 1.25. The molecule has 1 aliphatic heterocycles. The van der Waals surface area contributed by atoms with Crippen molar-refractivity contribution in [2.45, 2.75) is 99.3 Å². The minimum absolute atomic E-state index is 0.0488. The third-order valence-electron chi connectivity index (χ3n) is 8.22. The van der Waals surface area contributed by atoms with Gasteiger partial charge in [-0.25, -0.2) is 13.8 Å². The molecule has 0 spiro atoms. The maximum absolute atomic E-state index is 15.0. The van der Waals surface area contributed by atoms with Crippen LogP contribution in [0.5, 0.6) is 0 Å². The first kappa shape index (κ1) is 30.5. The first-order valence-corrected chi connectivity index (χ1v) is 14.6. The molecule has 4 rings (SSSR count). The van der Waals surface area contributed by atoms with E-state index in [2.05, 4.69) is 10.1 Å². The zero-order valence-electron chi connectivity index (χ0n) is 22.1. The minimum atomic E-state index is -4.10. The van der Waals surface area contributed by atoms with Crippen molar-refractivity contribution in [3.8, 4) is 0 Å². The molecule has 2 saturated carbocycles. The van der Waals surface area contributed by atoms with E-state index < -0.39 is 47.5 Å². The Kier molecular flexibility index (Phi) is 10.5. The van der Waals surface area contributed by atoms with E-state index in [9.17, 15) is 27.1 Å². The predicted octanol–water partition coefficient (Wildman–Crippen LogP) is 5.83. The van der Waals surface area contributed by atoms with E-state index in [1.54, 1.807) is 12.2 Å². The third kappa shape index (κ3) is 8.27. The van der Waals surface area contributed by atoms with Crippen LogP contribution in [0.3, 0.4) is 0 Å². The highest BCUT2D eigenvalue weighted by Crippen LogP contribution is 2.43. The van der Waals surface area contributed by atoms with Crippen molar-refractivity contribution >= 4 is 11.8 Å². The Labute approximate surface area is 230 Å². The van der Waals surface area contributed by atoms with Crippen LogP contribution in [0.2, 0.25) is 0 Å². The van der Waals surface area contributed by atoms with Gasteiger partial charge in [-0.2, -0.15) is 18.3 Å². The summed E-state index contributed by atoms with van der Waals surface area (Å²) in [5, 5.41) is 15.4. The Bertz CT molecular complexity index is 934. The topological polar surface area (TPSA) is 69.4 Å². The van der Waals surface area contributed by atoms with Gasteiger partial charge in [0.05, 0.1) is 30.9 Å². The molecular weight excluding hydrogens is 541 g/mol. The molecule has 2 aliphatic carbocycles. The fourth-order valence-corrected chi connectivity index (χ4v) is 7.24. The summed E-state index contributed by atoms with van der Waals surface area (Å²) in [6.45, 7) is 2.62. The van der Waals surface area contributed by atoms with Crippen LogP contribution in [0.1, 0.15) is 51.9 Å². The van der Waals surface area contributed by atoms with Gasteiger partial charge < -0.3 is 14.6 Å². The van der Waals surface area contributed by atoms with Crippen LogP contribution in [-0.2, 0) is 16.0 Å². The standard InChI is InChI=1S/C27H38F5N3O3S/c1-18(26(36,15-35-17-33-16-34-35)23-11-10-21(28)12-24(23)29)39-22-13-37-25(38-14-22)5-3-2-4-19-6-8-20(9-7-19)27(30,31)32/h2-5,16-25,36H,6-15H2,1H3/b4-2+,5-3+/t18-,19?,20?,21?,22?,23?,24?,25?,26?/m1/s1. The second kappa shape index (κ2) is 13.4. The molecule has 0 bridgehead atoms. The highest BCUT2D eigenvalue weighted by atomic mass is 32.2. The highest BCUT2D eigenvalue weighted by molar-refractivity contribution is 8.00. The van der Waals surface area contributed by atoms with Gasteiger partial charge in [-0.05, 0) is 50.5 Å². The van der Waals surface area contributed by atoms with Crippen LogP contribution < -0.4 is 0 Å². The number of aliphatic hydroxyl groups is 1. The van der Waals surface area contributed by atoms with E-state index in [-0.39, 0.29) is 49.8 Å². The molecule has 6 nitrogen and oxygen atoms in total. The average molecular weight is 580 g/mol. The number of thioether (sulfide) groups is 1. The molecular formula is C27H38F5N3O3S. The Morgan fingerprint density at radius 3 is 2.36 bits per heavy atom. The van der Waals surface area contributed by atoms with E-state index in [1.165, 1.54) is 29.1 Å². The van der Waals surface area contributed by atoms with E-state index in [0.717, 1.165) is 0 Å². The van der Waals surface area contributed by atoms with Crippen LogP contribution in [0.4, 0.5) is 22.0 Å². The molecule has 220 valence electrons. The number of rotatable bonds is 9. The predicted molar refractivity (Wildman–Crippen MR) is 138 cm³/mol. The number of aromatic nitrogens is 3. The molecule has 1 aromatic rings. The molecule has 12 heteroatoms. The highest BCUT2D eigenvalue weighted by Gasteiger charge is 2.49. The van der Waals surface area contributed by atoms with Crippen LogP contribution in [0, 0.1) is 17.8 Å². The largest absolute Gasteiger partial charge is 0.391 e. The van der Waals surface area contributed by atoms with Gasteiger partial charge in [0, 0.05) is 17.6 Å². The molecule has 2 heterocycles. The molecule has 3 aliphatic rings. The van der Waals surface area contributed by atoms with Crippen molar-refractivity contribution in [1.29, 1.82) is 0 Å². The van der Waals surface area contributed by atoms with Crippen LogP contribution in [-0.4, -0.2) is 74.0 Å². The van der Waals surface area contributed by atoms with Crippen LogP contribution >= 0.6 is 11.8 Å². The van der Waals surface area contributed by atoms with Gasteiger partial charge in [0.1, 0.15) is 30.6 Å². The average Bonchev–Trinajstić information content (AvgIpc) is 3.40.